The molecule has 0 rings (SSSR count). The van der Waals surface area contributed by atoms with Crippen LogP contribution in [0.15, 0.2) is 35.5 Å². The second kappa shape index (κ2) is 7.18. The zero-order valence-electron chi connectivity index (χ0n) is 8.43. The Balaban J connectivity index is 4.38. The Bertz CT molecular complexity index is 262. The van der Waals surface area contributed by atoms with Crippen LogP contribution in [0.4, 0.5) is 8.78 Å². The summed E-state index contributed by atoms with van der Waals surface area (Å²) in [6, 6.07) is 0. The van der Waals surface area contributed by atoms with Gasteiger partial charge in [0.15, 0.2) is 0 Å². The van der Waals surface area contributed by atoms with Gasteiger partial charge in [-0.25, -0.2) is 8.78 Å². The van der Waals surface area contributed by atoms with Crippen LogP contribution < -0.4 is 0 Å². The van der Waals surface area contributed by atoms with Crippen molar-refractivity contribution < 1.29 is 8.78 Å². The highest BCUT2D eigenvalue weighted by atomic mass is 19.3. The molecule has 0 aromatic heterocycles. The molecule has 0 aromatic rings. The number of allylic oxidation sites excluding steroid dienone is 6. The summed E-state index contributed by atoms with van der Waals surface area (Å²) in [5.74, 6) is 0. The van der Waals surface area contributed by atoms with Crippen molar-refractivity contribution in [2.75, 3.05) is 0 Å². The van der Waals surface area contributed by atoms with Crippen LogP contribution in [0.25, 0.3) is 0 Å². The fraction of sp³-hybridized carbons (Fsp3) is 0.364. The van der Waals surface area contributed by atoms with Crippen LogP contribution in [0.2, 0.25) is 0 Å². The Hall–Kier alpha value is -1.25. The molecule has 0 heterocycles. The highest BCUT2D eigenvalue weighted by Crippen LogP contribution is 2.12. The van der Waals surface area contributed by atoms with Gasteiger partial charge in [0.05, 0.1) is 0 Å². The molecule has 78 valence electrons. The third-order valence-corrected chi connectivity index (χ3v) is 1.70. The highest BCUT2D eigenvalue weighted by molar-refractivity contribution is 5.69. The van der Waals surface area contributed by atoms with Gasteiger partial charge in [-0.1, -0.05) is 25.2 Å². The van der Waals surface area contributed by atoms with Crippen LogP contribution >= 0.6 is 0 Å². The van der Waals surface area contributed by atoms with Crippen LogP contribution in [0, 0.1) is 5.41 Å². The van der Waals surface area contributed by atoms with Crippen molar-refractivity contribution in [1.82, 2.24) is 0 Å². The number of halogens is 2. The van der Waals surface area contributed by atoms with E-state index in [-0.39, 0.29) is 5.57 Å². The molecule has 0 amide bonds. The fourth-order valence-corrected chi connectivity index (χ4v) is 0.855. The van der Waals surface area contributed by atoms with E-state index in [1.54, 1.807) is 25.2 Å². The van der Waals surface area contributed by atoms with E-state index in [9.17, 15) is 8.78 Å². The van der Waals surface area contributed by atoms with E-state index < -0.39 is 6.43 Å². The number of nitrogens with one attached hydrogen (secondary N) is 1. The van der Waals surface area contributed by atoms with E-state index in [2.05, 4.69) is 0 Å². The number of hydrogen-bond acceptors (Lipinski definition) is 1. The molecule has 0 aromatic carbocycles. The monoisotopic (exact) mass is 199 g/mol. The topological polar surface area (TPSA) is 23.9 Å². The van der Waals surface area contributed by atoms with Gasteiger partial charge in [0.2, 0.25) is 0 Å². The minimum atomic E-state index is -2.38. The minimum absolute atomic E-state index is 0.129. The molecule has 1 N–H and O–H groups in total. The molecular weight excluding hydrogens is 184 g/mol. The molecule has 0 bridgehead atoms. The van der Waals surface area contributed by atoms with E-state index in [4.69, 9.17) is 5.41 Å². The predicted molar refractivity (Wildman–Crippen MR) is 56.1 cm³/mol. The quantitative estimate of drug-likeness (QED) is 0.515. The second-order valence-electron chi connectivity index (χ2n) is 2.83. The molecule has 0 aliphatic rings. The van der Waals surface area contributed by atoms with Gasteiger partial charge in [-0.2, -0.15) is 0 Å². The third-order valence-electron chi connectivity index (χ3n) is 1.70. The van der Waals surface area contributed by atoms with Gasteiger partial charge in [-0.05, 0) is 30.6 Å². The van der Waals surface area contributed by atoms with Gasteiger partial charge in [-0.3, -0.25) is 0 Å². The number of alkyl halides is 2. The first-order valence-corrected chi connectivity index (χ1v) is 4.44. The van der Waals surface area contributed by atoms with Crippen molar-refractivity contribution in [2.24, 2.45) is 0 Å². The zero-order chi connectivity index (χ0) is 11.0. The van der Waals surface area contributed by atoms with Gasteiger partial charge in [0.25, 0.3) is 6.43 Å². The molecule has 0 aliphatic heterocycles. The zero-order valence-corrected chi connectivity index (χ0v) is 8.43. The van der Waals surface area contributed by atoms with E-state index in [1.807, 2.05) is 6.92 Å². The smallest absolute Gasteiger partial charge is 0.260 e. The SMILES string of the molecule is CC\C(=C/C=C\C(C)=C\C=N)C(F)F. The van der Waals surface area contributed by atoms with Crippen molar-refractivity contribution in [1.29, 1.82) is 5.41 Å². The summed E-state index contributed by atoms with van der Waals surface area (Å²) in [5.41, 5.74) is 0.991. The fourth-order valence-electron chi connectivity index (χ4n) is 0.855. The summed E-state index contributed by atoms with van der Waals surface area (Å²) in [5, 5.41) is 6.79. The Morgan fingerprint density at radius 1 is 1.36 bits per heavy atom. The van der Waals surface area contributed by atoms with Crippen molar-refractivity contribution in [3.8, 4) is 0 Å². The lowest BCUT2D eigenvalue weighted by molar-refractivity contribution is 0.186. The maximum absolute atomic E-state index is 12.2. The average molecular weight is 199 g/mol. The normalized spacial score (nSPS) is 14.1. The highest BCUT2D eigenvalue weighted by Gasteiger charge is 2.05. The molecule has 0 saturated carbocycles. The predicted octanol–water partition coefficient (Wildman–Crippen LogP) is 3.74. The standard InChI is InChI=1S/C11H15F2N/c1-3-10(11(12)13)6-4-5-9(2)7-8-14/h4-8,11,14H,3H2,1-2H3/b5-4-,9-7+,10-6+,14-8?. The summed E-state index contributed by atoms with van der Waals surface area (Å²) in [6.07, 6.45) is 5.44. The van der Waals surface area contributed by atoms with Crippen molar-refractivity contribution in [3.05, 3.63) is 35.5 Å². The largest absolute Gasteiger partial charge is 0.309 e. The molecule has 0 saturated heterocycles. The Morgan fingerprint density at radius 3 is 2.43 bits per heavy atom. The first-order chi connectivity index (χ1) is 6.61. The third kappa shape index (κ3) is 5.41. The molecule has 0 unspecified atom stereocenters. The molecule has 0 atom stereocenters. The molecule has 1 nitrogen and oxygen atoms in total. The second-order valence-corrected chi connectivity index (χ2v) is 2.83. The summed E-state index contributed by atoms with van der Waals surface area (Å²) in [6.45, 7) is 3.51. The van der Waals surface area contributed by atoms with Crippen molar-refractivity contribution >= 4 is 6.21 Å². The van der Waals surface area contributed by atoms with E-state index in [1.165, 1.54) is 6.08 Å². The van der Waals surface area contributed by atoms with Crippen LogP contribution in [0.3, 0.4) is 0 Å². The van der Waals surface area contributed by atoms with E-state index >= 15 is 0 Å². The summed E-state index contributed by atoms with van der Waals surface area (Å²) >= 11 is 0. The molecule has 0 aliphatic carbocycles. The van der Waals surface area contributed by atoms with E-state index in [0.717, 1.165) is 11.8 Å². The van der Waals surface area contributed by atoms with Gasteiger partial charge in [0, 0.05) is 6.21 Å². The van der Waals surface area contributed by atoms with Gasteiger partial charge in [0.1, 0.15) is 0 Å². The first kappa shape index (κ1) is 12.8. The maximum atomic E-state index is 12.2. The van der Waals surface area contributed by atoms with Gasteiger partial charge in [-0.15, -0.1) is 0 Å². The lowest BCUT2D eigenvalue weighted by Crippen LogP contribution is -1.93. The average Bonchev–Trinajstić information content (AvgIpc) is 2.12. The lowest BCUT2D eigenvalue weighted by atomic mass is 10.2. The molecule has 0 fully saturated rings. The Labute approximate surface area is 83.3 Å². The summed E-state index contributed by atoms with van der Waals surface area (Å²) in [4.78, 5) is 0. The molecule has 3 heteroatoms. The maximum Gasteiger partial charge on any atom is 0.260 e. The Kier molecular flexibility index (Phi) is 6.54. The van der Waals surface area contributed by atoms with Crippen molar-refractivity contribution in [3.63, 3.8) is 0 Å². The molecule has 14 heavy (non-hydrogen) atoms. The summed E-state index contributed by atoms with van der Waals surface area (Å²) < 4.78 is 24.4. The van der Waals surface area contributed by atoms with Gasteiger partial charge < -0.3 is 5.41 Å². The van der Waals surface area contributed by atoms with E-state index in [0.29, 0.717) is 6.42 Å². The molecule has 0 spiro atoms. The lowest BCUT2D eigenvalue weighted by Gasteiger charge is -1.99. The number of hydrogen-bond donors (Lipinski definition) is 1. The minimum Gasteiger partial charge on any atom is -0.309 e. The van der Waals surface area contributed by atoms with Gasteiger partial charge >= 0.3 is 0 Å². The van der Waals surface area contributed by atoms with Crippen LogP contribution in [-0.2, 0) is 0 Å². The molecule has 0 radical (unpaired) electrons. The summed E-state index contributed by atoms with van der Waals surface area (Å²) in [7, 11) is 0. The van der Waals surface area contributed by atoms with Crippen LogP contribution in [0.1, 0.15) is 20.3 Å². The Morgan fingerprint density at radius 2 is 2.00 bits per heavy atom. The number of rotatable bonds is 5. The van der Waals surface area contributed by atoms with Crippen molar-refractivity contribution in [2.45, 2.75) is 26.7 Å². The molecular formula is C11H15F2N. The van der Waals surface area contributed by atoms with Crippen LogP contribution in [-0.4, -0.2) is 12.6 Å². The first-order valence-electron chi connectivity index (χ1n) is 4.44. The van der Waals surface area contributed by atoms with Crippen LogP contribution in [0.5, 0.6) is 0 Å².